The third-order valence-corrected chi connectivity index (χ3v) is 4.97. The van der Waals surface area contributed by atoms with Crippen LogP contribution in [0.5, 0.6) is 0 Å². The van der Waals surface area contributed by atoms with Gasteiger partial charge in [0.1, 0.15) is 0 Å². The van der Waals surface area contributed by atoms with E-state index in [0.29, 0.717) is 6.04 Å². The molecule has 1 aromatic carbocycles. The van der Waals surface area contributed by atoms with E-state index in [2.05, 4.69) is 46.1 Å². The SMILES string of the molecule is CNC(/C1=C/CCCCCC1)c1cc(Cl)ccc1I. The second-order valence-electron chi connectivity index (χ2n) is 5.12. The van der Waals surface area contributed by atoms with E-state index in [1.807, 2.05) is 13.1 Å². The van der Waals surface area contributed by atoms with Gasteiger partial charge in [-0.3, -0.25) is 0 Å². The molecule has 0 saturated heterocycles. The van der Waals surface area contributed by atoms with Gasteiger partial charge in [0.25, 0.3) is 0 Å². The molecule has 1 aliphatic carbocycles. The average Bonchev–Trinajstić information content (AvgIpc) is 2.36. The number of allylic oxidation sites excluding steroid dienone is 1. The number of hydrogen-bond acceptors (Lipinski definition) is 1. The third-order valence-electron chi connectivity index (χ3n) is 3.75. The van der Waals surface area contributed by atoms with Gasteiger partial charge in [-0.2, -0.15) is 0 Å². The monoisotopic (exact) mass is 389 g/mol. The molecule has 1 unspecified atom stereocenters. The molecule has 0 aromatic heterocycles. The number of hydrogen-bond donors (Lipinski definition) is 1. The summed E-state index contributed by atoms with van der Waals surface area (Å²) in [5, 5.41) is 4.29. The summed E-state index contributed by atoms with van der Waals surface area (Å²) in [6, 6.07) is 6.48. The fourth-order valence-corrected chi connectivity index (χ4v) is 3.58. The first kappa shape index (κ1) is 15.3. The summed E-state index contributed by atoms with van der Waals surface area (Å²) < 4.78 is 1.28. The van der Waals surface area contributed by atoms with Crippen LogP contribution in [0.3, 0.4) is 0 Å². The summed E-state index contributed by atoms with van der Waals surface area (Å²) in [6.45, 7) is 0. The summed E-state index contributed by atoms with van der Waals surface area (Å²) in [5.41, 5.74) is 2.84. The molecule has 1 aliphatic rings. The lowest BCUT2D eigenvalue weighted by Crippen LogP contribution is -2.20. The van der Waals surface area contributed by atoms with E-state index in [1.54, 1.807) is 0 Å². The molecule has 0 radical (unpaired) electrons. The van der Waals surface area contributed by atoms with E-state index in [4.69, 9.17) is 11.6 Å². The second kappa shape index (κ2) is 7.65. The van der Waals surface area contributed by atoms with Crippen molar-refractivity contribution in [2.24, 2.45) is 0 Å². The van der Waals surface area contributed by atoms with Crippen LogP contribution >= 0.6 is 34.2 Å². The minimum atomic E-state index is 0.309. The highest BCUT2D eigenvalue weighted by Gasteiger charge is 2.18. The fourth-order valence-electron chi connectivity index (χ4n) is 2.76. The molecule has 0 aliphatic heterocycles. The predicted octanol–water partition coefficient (Wildman–Crippen LogP) is 5.49. The third kappa shape index (κ3) is 4.20. The molecule has 1 atom stereocenters. The van der Waals surface area contributed by atoms with E-state index in [9.17, 15) is 0 Å². The number of rotatable bonds is 3. The van der Waals surface area contributed by atoms with Gasteiger partial charge in [0, 0.05) is 8.59 Å². The molecule has 19 heavy (non-hydrogen) atoms. The van der Waals surface area contributed by atoms with Crippen molar-refractivity contribution in [2.75, 3.05) is 7.05 Å². The zero-order valence-electron chi connectivity index (χ0n) is 11.4. The summed E-state index contributed by atoms with van der Waals surface area (Å²) >= 11 is 8.57. The van der Waals surface area contributed by atoms with Crippen LogP contribution in [0.4, 0.5) is 0 Å². The van der Waals surface area contributed by atoms with Gasteiger partial charge in [-0.1, -0.05) is 36.1 Å². The van der Waals surface area contributed by atoms with Crippen LogP contribution in [0.2, 0.25) is 5.02 Å². The molecule has 0 bridgehead atoms. The molecule has 0 saturated carbocycles. The highest BCUT2D eigenvalue weighted by Crippen LogP contribution is 2.32. The molecular weight excluding hydrogens is 369 g/mol. The van der Waals surface area contributed by atoms with Crippen molar-refractivity contribution in [2.45, 2.75) is 44.6 Å². The van der Waals surface area contributed by atoms with Crippen LogP contribution in [0.25, 0.3) is 0 Å². The quantitative estimate of drug-likeness (QED) is 0.533. The average molecular weight is 390 g/mol. The lowest BCUT2D eigenvalue weighted by Gasteiger charge is -2.23. The van der Waals surface area contributed by atoms with Crippen LogP contribution in [-0.2, 0) is 0 Å². The van der Waals surface area contributed by atoms with Crippen molar-refractivity contribution in [3.8, 4) is 0 Å². The zero-order chi connectivity index (χ0) is 13.7. The van der Waals surface area contributed by atoms with E-state index in [1.165, 1.54) is 53.2 Å². The Morgan fingerprint density at radius 1 is 1.21 bits per heavy atom. The maximum atomic E-state index is 6.16. The van der Waals surface area contributed by atoms with Crippen LogP contribution < -0.4 is 5.32 Å². The van der Waals surface area contributed by atoms with Crippen molar-refractivity contribution < 1.29 is 0 Å². The first-order chi connectivity index (χ1) is 9.22. The molecule has 3 heteroatoms. The van der Waals surface area contributed by atoms with Crippen LogP contribution in [-0.4, -0.2) is 7.05 Å². The topological polar surface area (TPSA) is 12.0 Å². The summed E-state index contributed by atoms with van der Waals surface area (Å²) in [6.07, 6.45) is 10.2. The Morgan fingerprint density at radius 2 is 2.00 bits per heavy atom. The largest absolute Gasteiger partial charge is 0.310 e. The molecule has 0 heterocycles. The van der Waals surface area contributed by atoms with Crippen molar-refractivity contribution >= 4 is 34.2 Å². The van der Waals surface area contributed by atoms with Crippen molar-refractivity contribution in [3.63, 3.8) is 0 Å². The highest BCUT2D eigenvalue weighted by molar-refractivity contribution is 14.1. The maximum absolute atomic E-state index is 6.16. The van der Waals surface area contributed by atoms with E-state index in [0.717, 1.165) is 5.02 Å². The smallest absolute Gasteiger partial charge is 0.0544 e. The fraction of sp³-hybridized carbons (Fsp3) is 0.500. The molecule has 1 nitrogen and oxygen atoms in total. The standard InChI is InChI=1S/C16H21ClIN/c1-19-16(12-7-5-3-2-4-6-8-12)14-11-13(17)9-10-15(14)18/h7,9-11,16,19H,2-6,8H2,1H3/b12-7+. The van der Waals surface area contributed by atoms with Crippen molar-refractivity contribution in [1.29, 1.82) is 0 Å². The Bertz CT molecular complexity index is 456. The van der Waals surface area contributed by atoms with Gasteiger partial charge in [-0.15, -0.1) is 0 Å². The summed E-state index contributed by atoms with van der Waals surface area (Å²) in [4.78, 5) is 0. The number of nitrogens with one attached hydrogen (secondary N) is 1. The Labute approximate surface area is 135 Å². The molecule has 0 spiro atoms. The molecular formula is C16H21ClIN. The number of likely N-dealkylation sites (N-methyl/N-ethyl adjacent to an activating group) is 1. The van der Waals surface area contributed by atoms with E-state index in [-0.39, 0.29) is 0 Å². The van der Waals surface area contributed by atoms with Crippen LogP contribution in [0.15, 0.2) is 29.8 Å². The maximum Gasteiger partial charge on any atom is 0.0544 e. The minimum Gasteiger partial charge on any atom is -0.310 e. The van der Waals surface area contributed by atoms with Crippen LogP contribution in [0.1, 0.15) is 50.1 Å². The van der Waals surface area contributed by atoms with Crippen molar-refractivity contribution in [1.82, 2.24) is 5.32 Å². The lowest BCUT2D eigenvalue weighted by atomic mass is 9.91. The Kier molecular flexibility index (Phi) is 6.17. The van der Waals surface area contributed by atoms with Crippen molar-refractivity contribution in [3.05, 3.63) is 44.0 Å². The first-order valence-corrected chi connectivity index (χ1v) is 8.49. The molecule has 2 rings (SSSR count). The van der Waals surface area contributed by atoms with Gasteiger partial charge in [-0.05, 0) is 79.1 Å². The van der Waals surface area contributed by atoms with Gasteiger partial charge in [0.05, 0.1) is 6.04 Å². The van der Waals surface area contributed by atoms with Gasteiger partial charge in [0.2, 0.25) is 0 Å². The van der Waals surface area contributed by atoms with Gasteiger partial charge in [-0.25, -0.2) is 0 Å². The lowest BCUT2D eigenvalue weighted by molar-refractivity contribution is 0.573. The molecule has 0 fully saturated rings. The minimum absolute atomic E-state index is 0.309. The van der Waals surface area contributed by atoms with Crippen LogP contribution in [0, 0.1) is 3.57 Å². The normalized spacial score (nSPS) is 21.1. The predicted molar refractivity (Wildman–Crippen MR) is 91.8 cm³/mol. The zero-order valence-corrected chi connectivity index (χ0v) is 14.3. The number of halogens is 2. The van der Waals surface area contributed by atoms with E-state index < -0.39 is 0 Å². The Hall–Kier alpha value is -0.0600. The summed E-state index contributed by atoms with van der Waals surface area (Å²) in [7, 11) is 2.04. The number of benzene rings is 1. The molecule has 1 aromatic rings. The Morgan fingerprint density at radius 3 is 2.79 bits per heavy atom. The first-order valence-electron chi connectivity index (χ1n) is 7.03. The highest BCUT2D eigenvalue weighted by atomic mass is 127. The Balaban J connectivity index is 2.29. The molecule has 0 amide bonds. The summed E-state index contributed by atoms with van der Waals surface area (Å²) in [5.74, 6) is 0. The van der Waals surface area contributed by atoms with Gasteiger partial charge >= 0.3 is 0 Å². The second-order valence-corrected chi connectivity index (χ2v) is 6.72. The van der Waals surface area contributed by atoms with Gasteiger partial charge < -0.3 is 5.32 Å². The molecule has 104 valence electrons. The molecule has 1 N–H and O–H groups in total. The van der Waals surface area contributed by atoms with E-state index >= 15 is 0 Å². The van der Waals surface area contributed by atoms with Gasteiger partial charge in [0.15, 0.2) is 0 Å².